The number of carbonyl (C=O) groups is 3. The maximum absolute atomic E-state index is 14.0. The number of carboxylic acids is 2. The summed E-state index contributed by atoms with van der Waals surface area (Å²) in [6, 6.07) is 24.7. The number of amides is 1. The van der Waals surface area contributed by atoms with Gasteiger partial charge in [-0.25, -0.2) is 4.39 Å². The Bertz CT molecular complexity index is 1680. The van der Waals surface area contributed by atoms with Crippen LogP contribution in [0.25, 0.3) is 22.4 Å². The van der Waals surface area contributed by atoms with E-state index in [1.165, 1.54) is 12.1 Å². The first-order valence-electron chi connectivity index (χ1n) is 14.9. The number of hydrogen-bond acceptors (Lipinski definition) is 7. The van der Waals surface area contributed by atoms with Crippen LogP contribution in [0.1, 0.15) is 55.1 Å². The van der Waals surface area contributed by atoms with Gasteiger partial charge in [0.25, 0.3) is 5.91 Å². The minimum absolute atomic E-state index is 0. The summed E-state index contributed by atoms with van der Waals surface area (Å²) in [7, 11) is 0. The number of rotatable bonds is 12. The molecule has 0 unspecified atom stereocenters. The predicted octanol–water partition coefficient (Wildman–Crippen LogP) is 3.90. The Balaban J connectivity index is 0.000000940. The van der Waals surface area contributed by atoms with E-state index in [2.05, 4.69) is 5.32 Å². The molecule has 4 aromatic rings. The minimum Gasteiger partial charge on any atom is -0.550 e. The van der Waals surface area contributed by atoms with E-state index in [4.69, 9.17) is 9.90 Å². The van der Waals surface area contributed by atoms with Gasteiger partial charge in [0.15, 0.2) is 0 Å². The zero-order valence-electron chi connectivity index (χ0n) is 26.7. The summed E-state index contributed by atoms with van der Waals surface area (Å²) in [4.78, 5) is 33.7. The molecule has 0 bridgehead atoms. The van der Waals surface area contributed by atoms with E-state index in [1.54, 1.807) is 24.3 Å². The van der Waals surface area contributed by atoms with Gasteiger partial charge in [-0.15, -0.1) is 0 Å². The van der Waals surface area contributed by atoms with E-state index in [1.807, 2.05) is 66.9 Å². The fourth-order valence-electron chi connectivity index (χ4n) is 5.19. The number of anilines is 1. The van der Waals surface area contributed by atoms with Crippen molar-refractivity contribution in [1.82, 2.24) is 4.57 Å². The number of nitrogens with zero attached hydrogens (tertiary/aromatic N) is 1. The van der Waals surface area contributed by atoms with Crippen LogP contribution in [0.5, 0.6) is 0 Å². The van der Waals surface area contributed by atoms with Crippen LogP contribution < -0.4 is 15.5 Å². The largest absolute Gasteiger partial charge is 2.00 e. The van der Waals surface area contributed by atoms with E-state index in [9.17, 15) is 42.5 Å². The molecule has 0 aliphatic carbocycles. The van der Waals surface area contributed by atoms with Gasteiger partial charge in [-0.05, 0) is 66.3 Å². The third kappa shape index (κ3) is 12.1. The molecule has 3 N–H and O–H groups in total. The molecule has 0 saturated heterocycles. The fraction of sp³-hybridized carbons (Fsp3) is 0.286. The fourth-order valence-corrected chi connectivity index (χ4v) is 5.19. The number of para-hydroxylation sites is 1. The topological polar surface area (TPSA) is 155 Å². The third-order valence-electron chi connectivity index (χ3n) is 7.15. The van der Waals surface area contributed by atoms with E-state index in [0.717, 1.165) is 11.3 Å². The van der Waals surface area contributed by atoms with E-state index in [-0.39, 0.29) is 76.7 Å². The molecular weight excluding hydrogens is 724 g/mol. The van der Waals surface area contributed by atoms with E-state index in [0.29, 0.717) is 28.1 Å². The Morgan fingerprint density at radius 1 is 0.837 bits per heavy atom. The molecule has 9 nitrogen and oxygen atoms in total. The maximum Gasteiger partial charge on any atom is 2.00 e. The van der Waals surface area contributed by atoms with Crippen molar-refractivity contribution in [3.05, 3.63) is 102 Å². The van der Waals surface area contributed by atoms with Gasteiger partial charge in [0.05, 0.1) is 23.5 Å². The Hall–Kier alpha value is -3.53. The number of carbonyl (C=O) groups excluding carboxylic acids is 3. The van der Waals surface area contributed by atoms with E-state index >= 15 is 0 Å². The molecule has 3 aromatic carbocycles. The van der Waals surface area contributed by atoms with Crippen LogP contribution in [0.15, 0.2) is 84.9 Å². The molecule has 0 fully saturated rings. The van der Waals surface area contributed by atoms with Crippen molar-refractivity contribution in [1.29, 1.82) is 0 Å². The summed E-state index contributed by atoms with van der Waals surface area (Å²) < 4.78 is 47.5. The molecule has 0 aliphatic rings. The van der Waals surface area contributed by atoms with E-state index < -0.39 is 42.6 Å². The van der Waals surface area contributed by atoms with Crippen LogP contribution in [-0.4, -0.2) is 96.5 Å². The monoisotopic (exact) mass is 758 g/mol. The Morgan fingerprint density at radius 2 is 1.37 bits per heavy atom. The zero-order valence-corrected chi connectivity index (χ0v) is 30.2. The number of carboxylic acid groups (broad SMARTS) is 2. The van der Waals surface area contributed by atoms with Crippen LogP contribution in [-0.2, 0) is 16.1 Å². The molecule has 0 spiro atoms. The van der Waals surface area contributed by atoms with Gasteiger partial charge in [-0.1, -0.05) is 62.4 Å². The number of aliphatic hydroxyl groups excluding tert-OH is 2. The third-order valence-corrected chi connectivity index (χ3v) is 7.15. The summed E-state index contributed by atoms with van der Waals surface area (Å²) in [5, 5.41) is 43.4. The second-order valence-corrected chi connectivity index (χ2v) is 11.2. The average Bonchev–Trinajstić information content (AvgIpc) is 3.36. The van der Waals surface area contributed by atoms with Gasteiger partial charge in [-0.3, -0.25) is 4.79 Å². The number of aromatic nitrogens is 1. The SMILES string of the molecule is CC(C)c1c(C(=O)Nc2ccccc2)c(-c2ccccc2)c(-c2ccc(F)cc2)n1CC[C@@H](O)C[C@@H](O)CC(=O)[O-].O=C([O-])C(F)(F)F.[Sr+2]. The van der Waals surface area contributed by atoms with Crippen LogP contribution in [0, 0.1) is 5.82 Å². The number of alkyl halides is 3. The number of aliphatic carboxylic acids is 2. The summed E-state index contributed by atoms with van der Waals surface area (Å²) in [5.74, 6) is -5.21. The maximum atomic E-state index is 14.0. The Labute approximate surface area is 317 Å². The first-order valence-corrected chi connectivity index (χ1v) is 14.9. The molecule has 1 aromatic heterocycles. The molecule has 49 heavy (non-hydrogen) atoms. The van der Waals surface area contributed by atoms with Gasteiger partial charge in [-0.2, -0.15) is 13.2 Å². The van der Waals surface area contributed by atoms with Crippen molar-refractivity contribution in [3.63, 3.8) is 0 Å². The summed E-state index contributed by atoms with van der Waals surface area (Å²) in [6.07, 6.45) is -7.96. The van der Waals surface area contributed by atoms with Gasteiger partial charge in [0.2, 0.25) is 0 Å². The quantitative estimate of drug-likeness (QED) is 0.146. The number of aliphatic hydroxyl groups is 2. The first kappa shape index (κ1) is 41.6. The smallest absolute Gasteiger partial charge is 0.550 e. The Kier molecular flexibility index (Phi) is 16.2. The van der Waals surface area contributed by atoms with Crippen molar-refractivity contribution in [2.75, 3.05) is 5.32 Å². The average molecular weight is 758 g/mol. The van der Waals surface area contributed by atoms with Crippen molar-refractivity contribution in [2.45, 2.75) is 64.0 Å². The van der Waals surface area contributed by atoms with Crippen molar-refractivity contribution < 1.29 is 52.4 Å². The molecule has 1 amide bonds. The van der Waals surface area contributed by atoms with Gasteiger partial charge < -0.3 is 39.9 Å². The molecule has 14 heteroatoms. The second-order valence-electron chi connectivity index (χ2n) is 11.2. The van der Waals surface area contributed by atoms with Crippen molar-refractivity contribution in [2.24, 2.45) is 0 Å². The second kappa shape index (κ2) is 19.0. The Morgan fingerprint density at radius 3 is 1.86 bits per heavy atom. The predicted molar refractivity (Wildman–Crippen MR) is 171 cm³/mol. The van der Waals surface area contributed by atoms with Gasteiger partial charge >= 0.3 is 51.7 Å². The zero-order chi connectivity index (χ0) is 35.6. The van der Waals surface area contributed by atoms with Crippen LogP contribution in [0.2, 0.25) is 0 Å². The molecule has 1 heterocycles. The summed E-state index contributed by atoms with van der Waals surface area (Å²) in [6.45, 7) is 4.22. The van der Waals surface area contributed by atoms with Crippen LogP contribution in [0.4, 0.5) is 23.2 Å². The standard InChI is InChI=1S/C33H35FN2O5.C2HF3O2.Sr/c1-21(2)31-30(33(41)35-25-11-7-4-8-12-25)29(22-9-5-3-6-10-22)32(23-13-15-24(34)16-14-23)36(31)18-17-26(37)19-27(38)20-28(39)40;3-2(4,5)1(6)7;/h3-16,21,26-27,37-38H,17-20H2,1-2H3,(H,35,41)(H,39,40);(H,6,7);/q;;+2/p-2/t26-,27-;;/m1../s1. The first-order chi connectivity index (χ1) is 22.6. The molecule has 0 saturated carbocycles. The van der Waals surface area contributed by atoms with Crippen molar-refractivity contribution in [3.8, 4) is 22.4 Å². The van der Waals surface area contributed by atoms with Gasteiger partial charge in [0, 0.05) is 35.9 Å². The molecular formula is C35H34F4N2O7Sr. The molecule has 2 atom stereocenters. The number of nitrogens with one attached hydrogen (secondary N) is 1. The van der Waals surface area contributed by atoms with Crippen LogP contribution >= 0.6 is 0 Å². The van der Waals surface area contributed by atoms with Crippen molar-refractivity contribution >= 4 is 69.0 Å². The number of hydrogen-bond donors (Lipinski definition) is 3. The number of benzene rings is 3. The molecule has 0 aliphatic heterocycles. The molecule has 256 valence electrons. The molecule has 0 radical (unpaired) electrons. The summed E-state index contributed by atoms with van der Waals surface area (Å²) in [5.41, 5.74) is 4.72. The van der Waals surface area contributed by atoms with Gasteiger partial charge in [0.1, 0.15) is 11.8 Å². The van der Waals surface area contributed by atoms with Crippen LogP contribution in [0.3, 0.4) is 0 Å². The minimum atomic E-state index is -5.19. The normalized spacial score (nSPS) is 12.3. The number of halogens is 4. The molecule has 4 rings (SSSR count). The summed E-state index contributed by atoms with van der Waals surface area (Å²) >= 11 is 0.